The largest absolute Gasteiger partial charge is 0.453 e. The molecule has 4 rings (SSSR count). The number of nitrogens with zero attached hydrogens (tertiary/aromatic N) is 3. The van der Waals surface area contributed by atoms with Crippen LogP contribution in [0.1, 0.15) is 49.8 Å². The van der Waals surface area contributed by atoms with Crippen molar-refractivity contribution in [2.24, 2.45) is 5.73 Å². The first kappa shape index (κ1) is 16.8. The van der Waals surface area contributed by atoms with Gasteiger partial charge < -0.3 is 19.9 Å². The zero-order valence-corrected chi connectivity index (χ0v) is 14.5. The van der Waals surface area contributed by atoms with Gasteiger partial charge in [0.15, 0.2) is 5.75 Å². The summed E-state index contributed by atoms with van der Waals surface area (Å²) in [4.78, 5) is 14.9. The van der Waals surface area contributed by atoms with Gasteiger partial charge in [0, 0.05) is 31.4 Å². The van der Waals surface area contributed by atoms with Gasteiger partial charge in [0.25, 0.3) is 0 Å². The second kappa shape index (κ2) is 7.33. The minimum absolute atomic E-state index is 0.106. The summed E-state index contributed by atoms with van der Waals surface area (Å²) in [5.74, 6) is 1.68. The summed E-state index contributed by atoms with van der Waals surface area (Å²) in [7, 11) is 0. The van der Waals surface area contributed by atoms with Crippen molar-refractivity contribution in [2.75, 3.05) is 13.2 Å². The van der Waals surface area contributed by atoms with Crippen LogP contribution < -0.4 is 15.2 Å². The molecule has 1 unspecified atom stereocenters. The highest BCUT2D eigenvalue weighted by molar-refractivity contribution is 5.67. The van der Waals surface area contributed by atoms with Crippen LogP contribution in [0.4, 0.5) is 4.79 Å². The smallest absolute Gasteiger partial charge is 0.411 e. The first-order valence-corrected chi connectivity index (χ1v) is 8.97. The summed E-state index contributed by atoms with van der Waals surface area (Å²) >= 11 is 0. The third-order valence-corrected chi connectivity index (χ3v) is 4.62. The van der Waals surface area contributed by atoms with Gasteiger partial charge in [-0.05, 0) is 38.2 Å². The molecule has 1 aliphatic heterocycles. The molecule has 1 saturated heterocycles. The third kappa shape index (κ3) is 3.96. The zero-order chi connectivity index (χ0) is 17.9. The van der Waals surface area contributed by atoms with E-state index in [9.17, 15) is 4.79 Å². The number of aromatic nitrogens is 3. The Hall–Kier alpha value is -2.61. The van der Waals surface area contributed by atoms with E-state index < -0.39 is 6.09 Å². The molecule has 8 nitrogen and oxygen atoms in total. The molecule has 1 aliphatic carbocycles. The number of pyridine rings is 1. The van der Waals surface area contributed by atoms with Crippen LogP contribution in [0, 0.1) is 0 Å². The average molecular weight is 358 g/mol. The molecule has 1 atom stereocenters. The van der Waals surface area contributed by atoms with Gasteiger partial charge in [0.2, 0.25) is 5.88 Å². The van der Waals surface area contributed by atoms with Crippen molar-refractivity contribution < 1.29 is 19.0 Å². The van der Waals surface area contributed by atoms with Crippen LogP contribution in [0.5, 0.6) is 17.4 Å². The molecule has 2 N–H and O–H groups in total. The first-order valence-electron chi connectivity index (χ1n) is 8.97. The molecular formula is C18H22N4O4. The number of primary amides is 1. The highest BCUT2D eigenvalue weighted by atomic mass is 16.6. The molecule has 2 fully saturated rings. The molecular weight excluding hydrogens is 336 g/mol. The molecule has 138 valence electrons. The summed E-state index contributed by atoms with van der Waals surface area (Å²) < 4.78 is 18.5. The Morgan fingerprint density at radius 3 is 2.96 bits per heavy atom. The second-order valence-corrected chi connectivity index (χ2v) is 6.68. The summed E-state index contributed by atoms with van der Waals surface area (Å²) in [6.07, 6.45) is 7.86. The van der Waals surface area contributed by atoms with E-state index in [-0.39, 0.29) is 5.88 Å². The first-order chi connectivity index (χ1) is 12.7. The Labute approximate surface area is 151 Å². The summed E-state index contributed by atoms with van der Waals surface area (Å²) in [6, 6.07) is 3.72. The van der Waals surface area contributed by atoms with Gasteiger partial charge in [-0.1, -0.05) is 0 Å². The number of nitrogens with two attached hydrogens (primary N) is 1. The molecule has 0 bridgehead atoms. The van der Waals surface area contributed by atoms with E-state index in [1.165, 1.54) is 6.20 Å². The maximum atomic E-state index is 10.9. The molecule has 1 amide bonds. The van der Waals surface area contributed by atoms with E-state index in [0.29, 0.717) is 17.7 Å². The Morgan fingerprint density at radius 1 is 1.27 bits per heavy atom. The van der Waals surface area contributed by atoms with Crippen molar-refractivity contribution in [2.45, 2.75) is 44.1 Å². The summed E-state index contributed by atoms with van der Waals surface area (Å²) in [5.41, 5.74) is 6.01. The standard InChI is InChI=1S/C18H22N4O4/c19-18(23)26-16-10-14(5-7-20-16)25-15-11-22(13-3-4-13)21-17(15)12-2-1-8-24-9-6-12/h5,7,10-13H,1-4,6,8-9H2,(H2,19,23). The highest BCUT2D eigenvalue weighted by Gasteiger charge is 2.29. The molecule has 0 aromatic carbocycles. The summed E-state index contributed by atoms with van der Waals surface area (Å²) in [5, 5.41) is 4.82. The van der Waals surface area contributed by atoms with Gasteiger partial charge in [0.05, 0.1) is 12.2 Å². The third-order valence-electron chi connectivity index (χ3n) is 4.62. The number of hydrogen-bond donors (Lipinski definition) is 1. The number of amides is 1. The van der Waals surface area contributed by atoms with Crippen LogP contribution in [0.25, 0.3) is 0 Å². The Balaban J connectivity index is 1.59. The van der Waals surface area contributed by atoms with Crippen LogP contribution >= 0.6 is 0 Å². The van der Waals surface area contributed by atoms with Crippen molar-refractivity contribution in [3.8, 4) is 17.4 Å². The molecule has 3 heterocycles. The zero-order valence-electron chi connectivity index (χ0n) is 14.5. The Kier molecular flexibility index (Phi) is 4.75. The maximum Gasteiger partial charge on any atom is 0.411 e. The SMILES string of the molecule is NC(=O)Oc1cc(Oc2cn(C3CC3)nc2C2CCCOCC2)ccn1. The predicted octanol–water partition coefficient (Wildman–Crippen LogP) is 3.15. The quantitative estimate of drug-likeness (QED) is 0.881. The Bertz CT molecular complexity index is 779. The van der Waals surface area contributed by atoms with E-state index in [2.05, 4.69) is 4.98 Å². The molecule has 8 heteroatoms. The normalized spacial score (nSPS) is 20.4. The van der Waals surface area contributed by atoms with Crippen LogP contribution in [0.2, 0.25) is 0 Å². The van der Waals surface area contributed by atoms with Crippen LogP contribution in [-0.4, -0.2) is 34.1 Å². The topological polar surface area (TPSA) is 101 Å². The maximum absolute atomic E-state index is 10.9. The molecule has 0 spiro atoms. The van der Waals surface area contributed by atoms with Crippen molar-refractivity contribution in [3.05, 3.63) is 30.2 Å². The van der Waals surface area contributed by atoms with Gasteiger partial charge >= 0.3 is 6.09 Å². The van der Waals surface area contributed by atoms with Crippen LogP contribution in [0.15, 0.2) is 24.5 Å². The minimum Gasteiger partial charge on any atom is -0.453 e. The van der Waals surface area contributed by atoms with E-state index in [1.807, 2.05) is 10.9 Å². The van der Waals surface area contributed by atoms with E-state index >= 15 is 0 Å². The summed E-state index contributed by atoms with van der Waals surface area (Å²) in [6.45, 7) is 1.54. The van der Waals surface area contributed by atoms with Crippen molar-refractivity contribution in [3.63, 3.8) is 0 Å². The molecule has 1 saturated carbocycles. The lowest BCUT2D eigenvalue weighted by atomic mass is 9.97. The number of carbonyl (C=O) groups is 1. The molecule has 2 aromatic rings. The fraction of sp³-hybridized carbons (Fsp3) is 0.500. The average Bonchev–Trinajstić information content (AvgIpc) is 3.41. The lowest BCUT2D eigenvalue weighted by Gasteiger charge is -2.13. The Morgan fingerprint density at radius 2 is 2.15 bits per heavy atom. The number of rotatable bonds is 5. The highest BCUT2D eigenvalue weighted by Crippen LogP contribution is 2.40. The van der Waals surface area contributed by atoms with E-state index in [0.717, 1.165) is 56.8 Å². The van der Waals surface area contributed by atoms with Crippen molar-refractivity contribution in [1.29, 1.82) is 0 Å². The number of hydrogen-bond acceptors (Lipinski definition) is 6. The lowest BCUT2D eigenvalue weighted by Crippen LogP contribution is -2.16. The number of ether oxygens (including phenoxy) is 3. The predicted molar refractivity (Wildman–Crippen MR) is 92.4 cm³/mol. The second-order valence-electron chi connectivity index (χ2n) is 6.68. The van der Waals surface area contributed by atoms with E-state index in [1.54, 1.807) is 12.1 Å². The van der Waals surface area contributed by atoms with Gasteiger partial charge in [-0.3, -0.25) is 4.68 Å². The fourth-order valence-electron chi connectivity index (χ4n) is 3.19. The monoisotopic (exact) mass is 358 g/mol. The van der Waals surface area contributed by atoms with Crippen LogP contribution in [0.3, 0.4) is 0 Å². The molecule has 2 aromatic heterocycles. The van der Waals surface area contributed by atoms with Crippen molar-refractivity contribution in [1.82, 2.24) is 14.8 Å². The molecule has 2 aliphatic rings. The molecule has 0 radical (unpaired) electrons. The van der Waals surface area contributed by atoms with E-state index in [4.69, 9.17) is 25.0 Å². The van der Waals surface area contributed by atoms with Gasteiger partial charge in [0.1, 0.15) is 11.4 Å². The van der Waals surface area contributed by atoms with Gasteiger partial charge in [-0.15, -0.1) is 0 Å². The van der Waals surface area contributed by atoms with Gasteiger partial charge in [-0.25, -0.2) is 9.78 Å². The fourth-order valence-corrected chi connectivity index (χ4v) is 3.19. The lowest BCUT2D eigenvalue weighted by molar-refractivity contribution is 0.143. The van der Waals surface area contributed by atoms with Crippen molar-refractivity contribution >= 4 is 6.09 Å². The minimum atomic E-state index is -0.907. The molecule has 26 heavy (non-hydrogen) atoms. The van der Waals surface area contributed by atoms with Crippen LogP contribution in [-0.2, 0) is 4.74 Å². The van der Waals surface area contributed by atoms with Gasteiger partial charge in [-0.2, -0.15) is 5.10 Å². The number of carbonyl (C=O) groups excluding carboxylic acids is 1.